The van der Waals surface area contributed by atoms with Crippen LogP contribution in [0.5, 0.6) is 0 Å². The molecule has 18 heavy (non-hydrogen) atoms. The van der Waals surface area contributed by atoms with Crippen molar-refractivity contribution in [3.63, 3.8) is 0 Å². The minimum atomic E-state index is 0.615. The highest BCUT2D eigenvalue weighted by molar-refractivity contribution is 5.03. The van der Waals surface area contributed by atoms with E-state index in [-0.39, 0.29) is 0 Å². The molecule has 1 aromatic heterocycles. The Kier molecular flexibility index (Phi) is 4.78. The molecule has 0 radical (unpaired) electrons. The topological polar surface area (TPSA) is 33.1 Å². The maximum Gasteiger partial charge on any atom is 0.0522 e. The van der Waals surface area contributed by atoms with Crippen LogP contribution in [0.25, 0.3) is 0 Å². The third-order valence-electron chi connectivity index (χ3n) is 4.01. The van der Waals surface area contributed by atoms with Crippen molar-refractivity contribution in [2.24, 2.45) is 13.0 Å². The second-order valence-electron chi connectivity index (χ2n) is 5.68. The first-order chi connectivity index (χ1) is 8.65. The average molecular weight is 250 g/mol. The van der Waals surface area contributed by atoms with Gasteiger partial charge in [-0.2, -0.15) is 5.10 Å². The molecule has 2 atom stereocenters. The number of hydrogen-bond acceptors (Lipinski definition) is 3. The van der Waals surface area contributed by atoms with E-state index in [1.165, 1.54) is 31.5 Å². The van der Waals surface area contributed by atoms with Gasteiger partial charge in [0, 0.05) is 25.8 Å². The molecular weight excluding hydrogens is 224 g/mol. The lowest BCUT2D eigenvalue weighted by molar-refractivity contribution is 0.179. The molecule has 2 unspecified atom stereocenters. The molecule has 0 saturated carbocycles. The standard InChI is InChI=1S/C14H26N4/c1-12(14-5-4-8-17(2)11-14)15-7-6-13-9-16-18(3)10-13/h9-10,12,14-15H,4-8,11H2,1-3H3. The van der Waals surface area contributed by atoms with Gasteiger partial charge in [-0.1, -0.05) is 0 Å². The van der Waals surface area contributed by atoms with Gasteiger partial charge in [0.15, 0.2) is 0 Å². The summed E-state index contributed by atoms with van der Waals surface area (Å²) >= 11 is 0. The largest absolute Gasteiger partial charge is 0.314 e. The van der Waals surface area contributed by atoms with Gasteiger partial charge in [-0.25, -0.2) is 0 Å². The van der Waals surface area contributed by atoms with E-state index in [4.69, 9.17) is 0 Å². The predicted octanol–water partition coefficient (Wildman–Crippen LogP) is 1.28. The molecule has 0 bridgehead atoms. The Morgan fingerprint density at radius 2 is 2.33 bits per heavy atom. The quantitative estimate of drug-likeness (QED) is 0.854. The van der Waals surface area contributed by atoms with Gasteiger partial charge in [-0.05, 0) is 57.8 Å². The Hall–Kier alpha value is -0.870. The van der Waals surface area contributed by atoms with Crippen LogP contribution in [0.15, 0.2) is 12.4 Å². The van der Waals surface area contributed by atoms with Crippen molar-refractivity contribution in [1.29, 1.82) is 0 Å². The first kappa shape index (κ1) is 13.6. The van der Waals surface area contributed by atoms with Crippen LogP contribution in [0.1, 0.15) is 25.3 Å². The Morgan fingerprint density at radius 1 is 1.50 bits per heavy atom. The van der Waals surface area contributed by atoms with Gasteiger partial charge in [0.25, 0.3) is 0 Å². The van der Waals surface area contributed by atoms with Crippen LogP contribution in [0.3, 0.4) is 0 Å². The molecule has 0 aromatic carbocycles. The molecule has 0 amide bonds. The Morgan fingerprint density at radius 3 is 3.00 bits per heavy atom. The van der Waals surface area contributed by atoms with Crippen LogP contribution < -0.4 is 5.32 Å². The van der Waals surface area contributed by atoms with Crippen LogP contribution in [0, 0.1) is 5.92 Å². The van der Waals surface area contributed by atoms with Crippen LogP contribution in [0.4, 0.5) is 0 Å². The van der Waals surface area contributed by atoms with Crippen LogP contribution in [-0.4, -0.2) is 47.4 Å². The third kappa shape index (κ3) is 3.82. The van der Waals surface area contributed by atoms with E-state index < -0.39 is 0 Å². The molecule has 4 heteroatoms. The van der Waals surface area contributed by atoms with Gasteiger partial charge >= 0.3 is 0 Å². The van der Waals surface area contributed by atoms with Gasteiger partial charge in [0.1, 0.15) is 0 Å². The molecule has 2 heterocycles. The van der Waals surface area contributed by atoms with E-state index >= 15 is 0 Å². The molecule has 4 nitrogen and oxygen atoms in total. The average Bonchev–Trinajstić information content (AvgIpc) is 2.75. The third-order valence-corrected chi connectivity index (χ3v) is 4.01. The summed E-state index contributed by atoms with van der Waals surface area (Å²) < 4.78 is 1.87. The lowest BCUT2D eigenvalue weighted by atomic mass is 9.92. The Bertz CT molecular complexity index is 360. The zero-order valence-corrected chi connectivity index (χ0v) is 11.9. The summed E-state index contributed by atoms with van der Waals surface area (Å²) in [6.45, 7) is 5.88. The van der Waals surface area contributed by atoms with Crippen LogP contribution in [-0.2, 0) is 13.5 Å². The van der Waals surface area contributed by atoms with Crippen molar-refractivity contribution in [1.82, 2.24) is 20.0 Å². The van der Waals surface area contributed by atoms with E-state index in [1.54, 1.807) is 0 Å². The molecule has 0 spiro atoms. The maximum atomic E-state index is 4.20. The summed E-state index contributed by atoms with van der Waals surface area (Å²) in [5, 5.41) is 7.86. The lowest BCUT2D eigenvalue weighted by Crippen LogP contribution is -2.43. The zero-order valence-electron chi connectivity index (χ0n) is 11.9. The minimum Gasteiger partial charge on any atom is -0.314 e. The van der Waals surface area contributed by atoms with Gasteiger partial charge in [0.2, 0.25) is 0 Å². The van der Waals surface area contributed by atoms with E-state index in [0.29, 0.717) is 6.04 Å². The van der Waals surface area contributed by atoms with Gasteiger partial charge in [-0.3, -0.25) is 4.68 Å². The summed E-state index contributed by atoms with van der Waals surface area (Å²) in [5.74, 6) is 0.803. The molecule has 1 N–H and O–H groups in total. The highest BCUT2D eigenvalue weighted by atomic mass is 15.2. The number of piperidine rings is 1. The van der Waals surface area contributed by atoms with Gasteiger partial charge in [-0.15, -0.1) is 0 Å². The summed E-state index contributed by atoms with van der Waals surface area (Å²) in [7, 11) is 4.20. The number of hydrogen-bond donors (Lipinski definition) is 1. The molecule has 1 aromatic rings. The molecule has 1 aliphatic rings. The zero-order chi connectivity index (χ0) is 13.0. The van der Waals surface area contributed by atoms with Crippen molar-refractivity contribution < 1.29 is 0 Å². The SMILES string of the molecule is CC(NCCc1cnn(C)c1)C1CCCN(C)C1. The second-order valence-corrected chi connectivity index (χ2v) is 5.68. The molecule has 1 saturated heterocycles. The second kappa shape index (κ2) is 6.34. The summed E-state index contributed by atoms with van der Waals surface area (Å²) in [4.78, 5) is 2.45. The number of nitrogens with one attached hydrogen (secondary N) is 1. The fraction of sp³-hybridized carbons (Fsp3) is 0.786. The fourth-order valence-electron chi connectivity index (χ4n) is 2.83. The smallest absolute Gasteiger partial charge is 0.0522 e. The Balaban J connectivity index is 1.69. The normalized spacial score (nSPS) is 23.2. The fourth-order valence-corrected chi connectivity index (χ4v) is 2.83. The lowest BCUT2D eigenvalue weighted by Gasteiger charge is -2.34. The minimum absolute atomic E-state index is 0.615. The van der Waals surface area contributed by atoms with E-state index in [1.807, 2.05) is 17.9 Å². The number of aryl methyl sites for hydroxylation is 1. The highest BCUT2D eigenvalue weighted by Gasteiger charge is 2.22. The van der Waals surface area contributed by atoms with Crippen LogP contribution >= 0.6 is 0 Å². The molecule has 1 aliphatic heterocycles. The summed E-state index contributed by atoms with van der Waals surface area (Å²) in [6, 6.07) is 0.615. The maximum absolute atomic E-state index is 4.20. The van der Waals surface area contributed by atoms with Gasteiger partial charge in [0.05, 0.1) is 6.20 Å². The molecule has 102 valence electrons. The van der Waals surface area contributed by atoms with E-state index in [0.717, 1.165) is 18.9 Å². The van der Waals surface area contributed by atoms with Crippen molar-refractivity contribution in [2.45, 2.75) is 32.2 Å². The predicted molar refractivity (Wildman–Crippen MR) is 74.6 cm³/mol. The van der Waals surface area contributed by atoms with Crippen LogP contribution in [0.2, 0.25) is 0 Å². The summed E-state index contributed by atoms with van der Waals surface area (Å²) in [5.41, 5.74) is 1.32. The highest BCUT2D eigenvalue weighted by Crippen LogP contribution is 2.18. The number of nitrogens with zero attached hydrogens (tertiary/aromatic N) is 3. The van der Waals surface area contributed by atoms with Gasteiger partial charge < -0.3 is 10.2 Å². The van der Waals surface area contributed by atoms with E-state index in [2.05, 4.69) is 35.5 Å². The monoisotopic (exact) mass is 250 g/mol. The molecular formula is C14H26N4. The van der Waals surface area contributed by atoms with E-state index in [9.17, 15) is 0 Å². The van der Waals surface area contributed by atoms with Crippen molar-refractivity contribution in [2.75, 3.05) is 26.7 Å². The van der Waals surface area contributed by atoms with Crippen molar-refractivity contribution in [3.05, 3.63) is 18.0 Å². The first-order valence-electron chi connectivity index (χ1n) is 7.04. The van der Waals surface area contributed by atoms with Crippen molar-refractivity contribution >= 4 is 0 Å². The number of rotatable bonds is 5. The number of aromatic nitrogens is 2. The molecule has 1 fully saturated rings. The van der Waals surface area contributed by atoms with Crippen molar-refractivity contribution in [3.8, 4) is 0 Å². The summed E-state index contributed by atoms with van der Waals surface area (Å²) in [6.07, 6.45) is 7.84. The first-order valence-corrected chi connectivity index (χ1v) is 7.04. The number of likely N-dealkylation sites (tertiary alicyclic amines) is 1. The molecule has 2 rings (SSSR count). The molecule has 0 aliphatic carbocycles. The Labute approximate surface area is 110 Å².